The van der Waals surface area contributed by atoms with Gasteiger partial charge in [-0.15, -0.1) is 0 Å². The predicted octanol–water partition coefficient (Wildman–Crippen LogP) is 4.46. The Hall–Kier alpha value is -1.89. The normalized spacial score (nSPS) is 18.3. The van der Waals surface area contributed by atoms with Crippen LogP contribution in [-0.2, 0) is 10.0 Å². The molecule has 3 rings (SSSR count). The Morgan fingerprint density at radius 1 is 1.15 bits per heavy atom. The molecule has 0 radical (unpaired) electrons. The molecule has 144 valence electrons. The Morgan fingerprint density at radius 2 is 1.85 bits per heavy atom. The van der Waals surface area contributed by atoms with E-state index in [4.69, 9.17) is 11.6 Å². The quantitative estimate of drug-likeness (QED) is 0.814. The maximum absolute atomic E-state index is 12.9. The SMILES string of the molecule is Cc1c(Cl)cccc1NC(=O)c1ccc(S(=O)(=O)N2CCCC[C@H]2C)cc1. The number of carbonyl (C=O) groups excluding carboxylic acids is 1. The number of piperidine rings is 1. The Balaban J connectivity index is 1.78. The molecule has 2 aromatic rings. The van der Waals surface area contributed by atoms with Crippen molar-refractivity contribution >= 4 is 33.2 Å². The molecule has 1 aliphatic rings. The zero-order valence-electron chi connectivity index (χ0n) is 15.4. The zero-order valence-corrected chi connectivity index (χ0v) is 17.0. The number of nitrogens with zero attached hydrogens (tertiary/aromatic N) is 1. The van der Waals surface area contributed by atoms with Gasteiger partial charge in [-0.2, -0.15) is 4.31 Å². The highest BCUT2D eigenvalue weighted by Gasteiger charge is 2.30. The number of anilines is 1. The van der Waals surface area contributed by atoms with Crippen LogP contribution >= 0.6 is 11.6 Å². The number of hydrogen-bond donors (Lipinski definition) is 1. The molecule has 7 heteroatoms. The summed E-state index contributed by atoms with van der Waals surface area (Å²) in [6.07, 6.45) is 2.80. The molecule has 0 bridgehead atoms. The van der Waals surface area contributed by atoms with Crippen molar-refractivity contribution in [1.82, 2.24) is 4.31 Å². The molecular formula is C20H23ClN2O3S. The van der Waals surface area contributed by atoms with Crippen molar-refractivity contribution in [2.75, 3.05) is 11.9 Å². The number of benzene rings is 2. The Labute approximate surface area is 165 Å². The number of sulfonamides is 1. The van der Waals surface area contributed by atoms with Gasteiger partial charge in [0.25, 0.3) is 5.91 Å². The van der Waals surface area contributed by atoms with Gasteiger partial charge >= 0.3 is 0 Å². The van der Waals surface area contributed by atoms with Crippen molar-refractivity contribution in [2.45, 2.75) is 44.0 Å². The minimum atomic E-state index is -3.54. The molecule has 1 aliphatic heterocycles. The van der Waals surface area contributed by atoms with Crippen molar-refractivity contribution < 1.29 is 13.2 Å². The molecular weight excluding hydrogens is 384 g/mol. The van der Waals surface area contributed by atoms with Gasteiger partial charge in [-0.3, -0.25) is 4.79 Å². The lowest BCUT2D eigenvalue weighted by Crippen LogP contribution is -2.41. The number of amides is 1. The number of halogens is 1. The number of carbonyl (C=O) groups is 1. The molecule has 1 saturated heterocycles. The second kappa shape index (κ2) is 8.00. The van der Waals surface area contributed by atoms with Gasteiger partial charge in [-0.25, -0.2) is 8.42 Å². The molecule has 27 heavy (non-hydrogen) atoms. The van der Waals surface area contributed by atoms with Crippen molar-refractivity contribution in [1.29, 1.82) is 0 Å². The molecule has 1 atom stereocenters. The van der Waals surface area contributed by atoms with Crippen LogP contribution in [0.15, 0.2) is 47.4 Å². The van der Waals surface area contributed by atoms with Crippen molar-refractivity contribution in [3.05, 3.63) is 58.6 Å². The molecule has 5 nitrogen and oxygen atoms in total. The first kappa shape index (κ1) is 19.9. The van der Waals surface area contributed by atoms with Gasteiger partial charge in [0.1, 0.15) is 0 Å². The maximum Gasteiger partial charge on any atom is 0.255 e. The van der Waals surface area contributed by atoms with Gasteiger partial charge in [0, 0.05) is 28.9 Å². The molecule has 1 amide bonds. The molecule has 2 aromatic carbocycles. The summed E-state index contributed by atoms with van der Waals surface area (Å²) in [6, 6.07) is 11.4. The first-order valence-corrected chi connectivity index (χ1v) is 10.8. The fourth-order valence-electron chi connectivity index (χ4n) is 3.28. The van der Waals surface area contributed by atoms with E-state index in [2.05, 4.69) is 5.32 Å². The van der Waals surface area contributed by atoms with Crippen LogP contribution in [0.2, 0.25) is 5.02 Å². The number of nitrogens with one attached hydrogen (secondary N) is 1. The van der Waals surface area contributed by atoms with E-state index in [0.29, 0.717) is 22.8 Å². The Bertz CT molecular complexity index is 942. The van der Waals surface area contributed by atoms with E-state index in [9.17, 15) is 13.2 Å². The van der Waals surface area contributed by atoms with Crippen LogP contribution in [0.25, 0.3) is 0 Å². The lowest BCUT2D eigenvalue weighted by atomic mass is 10.1. The third kappa shape index (κ3) is 4.18. The fraction of sp³-hybridized carbons (Fsp3) is 0.350. The van der Waals surface area contributed by atoms with Crippen LogP contribution in [0.3, 0.4) is 0 Å². The first-order valence-electron chi connectivity index (χ1n) is 8.99. The first-order chi connectivity index (χ1) is 12.8. The van der Waals surface area contributed by atoms with E-state index < -0.39 is 10.0 Å². The van der Waals surface area contributed by atoms with Gasteiger partial charge in [0.15, 0.2) is 0 Å². The molecule has 0 aromatic heterocycles. The van der Waals surface area contributed by atoms with Crippen LogP contribution in [-0.4, -0.2) is 31.2 Å². The topological polar surface area (TPSA) is 66.5 Å². The van der Waals surface area contributed by atoms with Crippen LogP contribution in [0.4, 0.5) is 5.69 Å². The summed E-state index contributed by atoms with van der Waals surface area (Å²) in [5, 5.41) is 3.39. The van der Waals surface area contributed by atoms with Crippen LogP contribution < -0.4 is 5.32 Å². The molecule has 1 N–H and O–H groups in total. The molecule has 0 saturated carbocycles. The second-order valence-electron chi connectivity index (χ2n) is 6.85. The van der Waals surface area contributed by atoms with Crippen molar-refractivity contribution in [2.24, 2.45) is 0 Å². The largest absolute Gasteiger partial charge is 0.322 e. The van der Waals surface area contributed by atoms with Gasteiger partial charge < -0.3 is 5.32 Å². The number of rotatable bonds is 4. The molecule has 1 heterocycles. The Kier molecular flexibility index (Phi) is 5.89. The van der Waals surface area contributed by atoms with Gasteiger partial charge in [0.05, 0.1) is 4.90 Å². The van der Waals surface area contributed by atoms with Crippen molar-refractivity contribution in [3.63, 3.8) is 0 Å². The summed E-state index contributed by atoms with van der Waals surface area (Å²) in [7, 11) is -3.54. The Morgan fingerprint density at radius 3 is 2.52 bits per heavy atom. The molecule has 0 aliphatic carbocycles. The van der Waals surface area contributed by atoms with Crippen LogP contribution in [0, 0.1) is 6.92 Å². The lowest BCUT2D eigenvalue weighted by Gasteiger charge is -2.32. The number of hydrogen-bond acceptors (Lipinski definition) is 3. The maximum atomic E-state index is 12.9. The highest BCUT2D eigenvalue weighted by Crippen LogP contribution is 2.26. The minimum Gasteiger partial charge on any atom is -0.322 e. The standard InChI is InChI=1S/C20H23ClN2O3S/c1-14-6-3-4-13-23(14)27(25,26)17-11-9-16(10-12-17)20(24)22-19-8-5-7-18(21)15(19)2/h5,7-12,14H,3-4,6,13H2,1-2H3,(H,22,24)/t14-/m1/s1. The van der Waals surface area contributed by atoms with Gasteiger partial charge in [-0.05, 0) is 68.7 Å². The van der Waals surface area contributed by atoms with Gasteiger partial charge in [-0.1, -0.05) is 24.1 Å². The average Bonchev–Trinajstić information content (AvgIpc) is 2.65. The monoisotopic (exact) mass is 406 g/mol. The highest BCUT2D eigenvalue weighted by molar-refractivity contribution is 7.89. The minimum absolute atomic E-state index is 0.00229. The summed E-state index contributed by atoms with van der Waals surface area (Å²) in [5.41, 5.74) is 1.80. The highest BCUT2D eigenvalue weighted by atomic mass is 35.5. The third-order valence-electron chi connectivity index (χ3n) is 4.98. The lowest BCUT2D eigenvalue weighted by molar-refractivity contribution is 0.102. The van der Waals surface area contributed by atoms with Crippen LogP contribution in [0.1, 0.15) is 42.1 Å². The van der Waals surface area contributed by atoms with E-state index in [1.54, 1.807) is 22.5 Å². The van der Waals surface area contributed by atoms with E-state index in [1.165, 1.54) is 24.3 Å². The fourth-order valence-corrected chi connectivity index (χ4v) is 5.15. The summed E-state index contributed by atoms with van der Waals surface area (Å²) in [4.78, 5) is 12.7. The smallest absolute Gasteiger partial charge is 0.255 e. The van der Waals surface area contributed by atoms with Crippen molar-refractivity contribution in [3.8, 4) is 0 Å². The average molecular weight is 407 g/mol. The third-order valence-corrected chi connectivity index (χ3v) is 7.42. The molecule has 1 fully saturated rings. The summed E-state index contributed by atoms with van der Waals surface area (Å²) < 4.78 is 27.3. The van der Waals surface area contributed by atoms with E-state index in [0.717, 1.165) is 24.8 Å². The summed E-state index contributed by atoms with van der Waals surface area (Å²) in [6.45, 7) is 4.30. The van der Waals surface area contributed by atoms with E-state index in [-0.39, 0.29) is 16.8 Å². The van der Waals surface area contributed by atoms with Crippen LogP contribution in [0.5, 0.6) is 0 Å². The predicted molar refractivity (Wildman–Crippen MR) is 108 cm³/mol. The van der Waals surface area contributed by atoms with E-state index in [1.807, 2.05) is 13.8 Å². The molecule has 0 unspecified atom stereocenters. The van der Waals surface area contributed by atoms with Gasteiger partial charge in [0.2, 0.25) is 10.0 Å². The summed E-state index contributed by atoms with van der Waals surface area (Å²) >= 11 is 6.08. The second-order valence-corrected chi connectivity index (χ2v) is 9.15. The summed E-state index contributed by atoms with van der Waals surface area (Å²) in [5.74, 6) is -0.310. The zero-order chi connectivity index (χ0) is 19.6. The van der Waals surface area contributed by atoms with E-state index >= 15 is 0 Å². The molecule has 0 spiro atoms.